The number of nitrogens with one attached hydrogen (secondary N) is 1. The summed E-state index contributed by atoms with van der Waals surface area (Å²) in [5, 5.41) is 4.06. The largest absolute Gasteiger partial charge is 0.321 e. The third-order valence-corrected chi connectivity index (χ3v) is 4.95. The molecule has 118 valence electrons. The van der Waals surface area contributed by atoms with Gasteiger partial charge in [-0.25, -0.2) is 4.98 Å². The molecule has 0 radical (unpaired) electrons. The van der Waals surface area contributed by atoms with Gasteiger partial charge in [-0.05, 0) is 24.0 Å². The molecule has 0 fully saturated rings. The van der Waals surface area contributed by atoms with Crippen LogP contribution in [0, 0.1) is 6.92 Å². The van der Waals surface area contributed by atoms with Gasteiger partial charge in [-0.3, -0.25) is 4.79 Å². The second-order valence-electron chi connectivity index (χ2n) is 6.87. The average Bonchev–Trinajstić information content (AvgIpc) is 2.80. The molecule has 1 heterocycles. The monoisotopic (exact) mass is 316 g/mol. The molecule has 0 saturated heterocycles. The summed E-state index contributed by atoms with van der Waals surface area (Å²) >= 11 is 1.49. The predicted molar refractivity (Wildman–Crippen MR) is 94.0 cm³/mol. The summed E-state index contributed by atoms with van der Waals surface area (Å²) in [6.45, 7) is 12.5. The lowest BCUT2D eigenvalue weighted by atomic mass is 9.86. The summed E-state index contributed by atoms with van der Waals surface area (Å²) in [7, 11) is 0. The maximum atomic E-state index is 12.6. The predicted octanol–water partition coefficient (Wildman–Crippen LogP) is 5.12. The van der Waals surface area contributed by atoms with Crippen molar-refractivity contribution in [2.24, 2.45) is 0 Å². The number of carbonyl (C=O) groups excluding carboxylic acids is 1. The van der Waals surface area contributed by atoms with Crippen LogP contribution in [0.2, 0.25) is 0 Å². The highest BCUT2D eigenvalue weighted by atomic mass is 32.1. The summed E-state index contributed by atoms with van der Waals surface area (Å²) in [6.07, 6.45) is 0. The van der Waals surface area contributed by atoms with Gasteiger partial charge in [0.15, 0.2) is 0 Å². The molecular weight excluding hydrogens is 292 g/mol. The molecule has 1 N–H and O–H groups in total. The van der Waals surface area contributed by atoms with Crippen molar-refractivity contribution in [3.63, 3.8) is 0 Å². The molecule has 0 aliphatic heterocycles. The van der Waals surface area contributed by atoms with E-state index in [0.29, 0.717) is 10.8 Å². The molecule has 1 aromatic heterocycles. The van der Waals surface area contributed by atoms with Crippen LogP contribution in [-0.4, -0.2) is 10.9 Å². The maximum absolute atomic E-state index is 12.6. The average molecular weight is 316 g/mol. The number of thiazole rings is 1. The Morgan fingerprint density at radius 2 is 1.86 bits per heavy atom. The molecular formula is C18H24N2OS. The molecule has 0 unspecified atom stereocenters. The van der Waals surface area contributed by atoms with Crippen LogP contribution in [0.5, 0.6) is 0 Å². The first-order valence-corrected chi connectivity index (χ1v) is 8.40. The summed E-state index contributed by atoms with van der Waals surface area (Å²) in [5.74, 6) is 0.269. The number of para-hydroxylation sites is 1. The Morgan fingerprint density at radius 3 is 2.41 bits per heavy atom. The third-order valence-electron chi connectivity index (χ3n) is 3.50. The number of hydrogen-bond acceptors (Lipinski definition) is 3. The van der Waals surface area contributed by atoms with Crippen LogP contribution in [0.4, 0.5) is 5.69 Å². The second kappa shape index (κ2) is 6.21. The van der Waals surface area contributed by atoms with Gasteiger partial charge in [-0.15, -0.1) is 11.3 Å². The zero-order valence-corrected chi connectivity index (χ0v) is 15.0. The number of rotatable bonds is 3. The first-order valence-electron chi connectivity index (χ1n) is 7.58. The Kier molecular flexibility index (Phi) is 4.71. The van der Waals surface area contributed by atoms with E-state index in [1.54, 1.807) is 0 Å². The molecule has 4 heteroatoms. The Morgan fingerprint density at radius 1 is 1.23 bits per heavy atom. The first kappa shape index (κ1) is 16.7. The zero-order valence-electron chi connectivity index (χ0n) is 14.2. The topological polar surface area (TPSA) is 42.0 Å². The normalized spacial score (nSPS) is 11.8. The minimum Gasteiger partial charge on any atom is -0.321 e. The molecule has 0 spiro atoms. The van der Waals surface area contributed by atoms with Crippen molar-refractivity contribution < 1.29 is 4.79 Å². The Bertz CT molecular complexity index is 681. The number of hydrogen-bond donors (Lipinski definition) is 1. The van der Waals surface area contributed by atoms with Crippen LogP contribution in [0.1, 0.15) is 66.5 Å². The lowest BCUT2D eigenvalue weighted by Gasteiger charge is -2.22. The number of aryl methyl sites for hydroxylation is 1. The van der Waals surface area contributed by atoms with E-state index in [1.807, 2.05) is 25.1 Å². The van der Waals surface area contributed by atoms with Crippen molar-refractivity contribution in [1.29, 1.82) is 0 Å². The van der Waals surface area contributed by atoms with Gasteiger partial charge in [0.05, 0.1) is 10.7 Å². The van der Waals surface area contributed by atoms with Gasteiger partial charge in [0.2, 0.25) is 0 Å². The molecule has 0 bridgehead atoms. The quantitative estimate of drug-likeness (QED) is 0.853. The van der Waals surface area contributed by atoms with E-state index in [-0.39, 0.29) is 11.3 Å². The molecule has 0 atom stereocenters. The standard InChI is InChI=1S/C18H24N2OS/c1-11(2)17-19-12(3)15(22-17)16(21)20-14-10-8-7-9-13(14)18(4,5)6/h7-11H,1-6H3,(H,20,21). The fourth-order valence-corrected chi connectivity index (χ4v) is 3.26. The van der Waals surface area contributed by atoms with Crippen LogP contribution in [0.3, 0.4) is 0 Å². The van der Waals surface area contributed by atoms with Crippen molar-refractivity contribution in [1.82, 2.24) is 4.98 Å². The number of nitrogens with zero attached hydrogens (tertiary/aromatic N) is 1. The smallest absolute Gasteiger partial charge is 0.267 e. The van der Waals surface area contributed by atoms with Gasteiger partial charge >= 0.3 is 0 Å². The van der Waals surface area contributed by atoms with Crippen LogP contribution in [0.25, 0.3) is 0 Å². The highest BCUT2D eigenvalue weighted by molar-refractivity contribution is 7.14. The van der Waals surface area contributed by atoms with Crippen molar-refractivity contribution in [3.05, 3.63) is 45.4 Å². The summed E-state index contributed by atoms with van der Waals surface area (Å²) in [6, 6.07) is 7.97. The molecule has 2 rings (SSSR count). The number of carbonyl (C=O) groups is 1. The number of aromatic nitrogens is 1. The fraction of sp³-hybridized carbons (Fsp3) is 0.444. The number of anilines is 1. The molecule has 22 heavy (non-hydrogen) atoms. The maximum Gasteiger partial charge on any atom is 0.267 e. The van der Waals surface area contributed by atoms with Gasteiger partial charge in [-0.1, -0.05) is 52.8 Å². The van der Waals surface area contributed by atoms with E-state index in [9.17, 15) is 4.79 Å². The van der Waals surface area contributed by atoms with E-state index < -0.39 is 0 Å². The highest BCUT2D eigenvalue weighted by Crippen LogP contribution is 2.31. The van der Waals surface area contributed by atoms with E-state index in [4.69, 9.17) is 0 Å². The zero-order chi connectivity index (χ0) is 16.5. The second-order valence-corrected chi connectivity index (χ2v) is 7.90. The van der Waals surface area contributed by atoms with E-state index in [1.165, 1.54) is 11.3 Å². The van der Waals surface area contributed by atoms with E-state index >= 15 is 0 Å². The van der Waals surface area contributed by atoms with Gasteiger partial charge < -0.3 is 5.32 Å². The SMILES string of the molecule is Cc1nc(C(C)C)sc1C(=O)Nc1ccccc1C(C)(C)C. The highest BCUT2D eigenvalue weighted by Gasteiger charge is 2.21. The lowest BCUT2D eigenvalue weighted by molar-refractivity contribution is 0.102. The number of amides is 1. The molecule has 1 aromatic carbocycles. The van der Waals surface area contributed by atoms with Gasteiger partial charge in [-0.2, -0.15) is 0 Å². The Hall–Kier alpha value is -1.68. The molecule has 1 amide bonds. The van der Waals surface area contributed by atoms with Gasteiger partial charge in [0.25, 0.3) is 5.91 Å². The Balaban J connectivity index is 2.30. The van der Waals surface area contributed by atoms with E-state index in [0.717, 1.165) is 22.0 Å². The van der Waals surface area contributed by atoms with Crippen LogP contribution in [0.15, 0.2) is 24.3 Å². The molecule has 0 aliphatic rings. The van der Waals surface area contributed by atoms with E-state index in [2.05, 4.69) is 51.0 Å². The van der Waals surface area contributed by atoms with Crippen molar-refractivity contribution in [2.45, 2.75) is 52.9 Å². The lowest BCUT2D eigenvalue weighted by Crippen LogP contribution is -2.18. The molecule has 0 saturated carbocycles. The molecule has 3 nitrogen and oxygen atoms in total. The van der Waals surface area contributed by atoms with Gasteiger partial charge in [0.1, 0.15) is 4.88 Å². The van der Waals surface area contributed by atoms with Crippen LogP contribution >= 0.6 is 11.3 Å². The summed E-state index contributed by atoms with van der Waals surface area (Å²) in [5.41, 5.74) is 2.79. The van der Waals surface area contributed by atoms with Crippen molar-refractivity contribution >= 4 is 22.9 Å². The number of benzene rings is 1. The minimum absolute atomic E-state index is 0.0181. The summed E-state index contributed by atoms with van der Waals surface area (Å²) in [4.78, 5) is 17.8. The fourth-order valence-electron chi connectivity index (χ4n) is 2.30. The van der Waals surface area contributed by atoms with Crippen LogP contribution < -0.4 is 5.32 Å². The minimum atomic E-state index is -0.0707. The molecule has 0 aliphatic carbocycles. The summed E-state index contributed by atoms with van der Waals surface area (Å²) < 4.78 is 0. The third kappa shape index (κ3) is 3.55. The Labute approximate surface area is 136 Å². The van der Waals surface area contributed by atoms with Crippen LogP contribution in [-0.2, 0) is 5.41 Å². The van der Waals surface area contributed by atoms with Crippen molar-refractivity contribution in [2.75, 3.05) is 5.32 Å². The molecule has 2 aromatic rings. The van der Waals surface area contributed by atoms with Gasteiger partial charge in [0, 0.05) is 11.6 Å². The van der Waals surface area contributed by atoms with Crippen molar-refractivity contribution in [3.8, 4) is 0 Å². The first-order chi connectivity index (χ1) is 10.2.